The van der Waals surface area contributed by atoms with Crippen molar-refractivity contribution in [2.45, 2.75) is 31.6 Å². The number of fused-ring (bicyclic) bond motifs is 3. The van der Waals surface area contributed by atoms with E-state index in [9.17, 15) is 0 Å². The highest BCUT2D eigenvalue weighted by Crippen LogP contribution is 2.42. The molecule has 2 aliphatic rings. The molecule has 6 rings (SSSR count). The van der Waals surface area contributed by atoms with Crippen LogP contribution < -0.4 is 10.6 Å². The number of rotatable bonds is 5. The molecule has 0 aliphatic carbocycles. The Labute approximate surface area is 181 Å². The van der Waals surface area contributed by atoms with Gasteiger partial charge in [0.1, 0.15) is 17.9 Å². The van der Waals surface area contributed by atoms with Crippen LogP contribution in [-0.2, 0) is 0 Å². The van der Waals surface area contributed by atoms with Crippen LogP contribution in [-0.4, -0.2) is 46.2 Å². The largest absolute Gasteiger partial charge is 0.437 e. The number of hydrogen-bond acceptors (Lipinski definition) is 6. The van der Waals surface area contributed by atoms with Gasteiger partial charge in [0.2, 0.25) is 5.71 Å². The molecule has 2 fully saturated rings. The highest BCUT2D eigenvalue weighted by molar-refractivity contribution is 6.05. The second-order valence-electron chi connectivity index (χ2n) is 8.45. The summed E-state index contributed by atoms with van der Waals surface area (Å²) < 4.78 is 6.32. The van der Waals surface area contributed by atoms with Crippen LogP contribution in [0.25, 0.3) is 33.6 Å². The van der Waals surface area contributed by atoms with Crippen molar-refractivity contribution in [3.05, 3.63) is 67.0 Å². The molecule has 2 bridgehead atoms. The number of anilines is 1. The minimum absolute atomic E-state index is 0.175. The molecule has 3 atom stereocenters. The second kappa shape index (κ2) is 7.48. The first-order valence-electron chi connectivity index (χ1n) is 10.9. The summed E-state index contributed by atoms with van der Waals surface area (Å²) in [4.78, 5) is 11.7. The Morgan fingerprint density at radius 3 is 2.45 bits per heavy atom. The van der Waals surface area contributed by atoms with Crippen molar-refractivity contribution in [2.75, 3.05) is 18.4 Å². The van der Waals surface area contributed by atoms with Gasteiger partial charge in [-0.05, 0) is 18.9 Å². The lowest BCUT2D eigenvalue weighted by molar-refractivity contribution is 0.186. The molecule has 2 N–H and O–H groups in total. The Balaban J connectivity index is 1.48. The van der Waals surface area contributed by atoms with Crippen LogP contribution >= 0.6 is 0 Å². The molecule has 4 aromatic rings. The van der Waals surface area contributed by atoms with Gasteiger partial charge in [0.15, 0.2) is 0 Å². The molecule has 2 saturated heterocycles. The van der Waals surface area contributed by atoms with E-state index in [1.165, 1.54) is 6.42 Å². The van der Waals surface area contributed by atoms with Crippen molar-refractivity contribution in [1.82, 2.24) is 20.2 Å². The van der Waals surface area contributed by atoms with Crippen molar-refractivity contribution in [1.29, 1.82) is 0 Å². The van der Waals surface area contributed by atoms with Gasteiger partial charge in [-0.1, -0.05) is 60.7 Å². The summed E-state index contributed by atoms with van der Waals surface area (Å²) in [6, 6.07) is 21.8. The molecule has 6 heteroatoms. The number of nitrogens with one attached hydrogen (secondary N) is 2. The molecular weight excluding hydrogens is 386 g/mol. The predicted octanol–water partition coefficient (Wildman–Crippen LogP) is 4.36. The monoisotopic (exact) mass is 411 g/mol. The molecule has 0 spiro atoms. The maximum Gasteiger partial charge on any atom is 0.232 e. The third-order valence-corrected chi connectivity index (χ3v) is 6.53. The number of benzene rings is 2. The molecule has 2 aliphatic heterocycles. The Kier molecular flexibility index (Phi) is 4.47. The van der Waals surface area contributed by atoms with Crippen molar-refractivity contribution < 1.29 is 4.42 Å². The molecule has 0 radical (unpaired) electrons. The molecule has 3 unspecified atom stereocenters. The standard InChI is InChI=1S/C25H25N5O/c1-16(30-14-19-12-20(30)13-26-19)29-24-22-21(17-8-4-2-5-9-17)23(18-10-6-3-7-11-18)31-25(22)28-15-27-24/h2-11,15-16,19-20,26H,12-14H2,1H3,(H,27,28,29). The summed E-state index contributed by atoms with van der Waals surface area (Å²) in [6.07, 6.45) is 2.99. The zero-order chi connectivity index (χ0) is 20.8. The van der Waals surface area contributed by atoms with Crippen molar-refractivity contribution in [3.63, 3.8) is 0 Å². The number of hydrogen-bond donors (Lipinski definition) is 2. The lowest BCUT2D eigenvalue weighted by Gasteiger charge is -2.33. The molecule has 2 aromatic carbocycles. The maximum absolute atomic E-state index is 6.32. The van der Waals surface area contributed by atoms with E-state index >= 15 is 0 Å². The third kappa shape index (κ3) is 3.19. The summed E-state index contributed by atoms with van der Waals surface area (Å²) in [7, 11) is 0. The van der Waals surface area contributed by atoms with Crippen LogP contribution in [0, 0.1) is 0 Å². The fourth-order valence-corrected chi connectivity index (χ4v) is 5.06. The molecule has 0 amide bonds. The lowest BCUT2D eigenvalue weighted by atomic mass is 9.99. The van der Waals surface area contributed by atoms with E-state index in [0.717, 1.165) is 46.7 Å². The minimum atomic E-state index is 0.175. The first kappa shape index (κ1) is 18.5. The summed E-state index contributed by atoms with van der Waals surface area (Å²) >= 11 is 0. The van der Waals surface area contributed by atoms with Crippen LogP contribution in [0.1, 0.15) is 13.3 Å². The van der Waals surface area contributed by atoms with Gasteiger partial charge < -0.3 is 15.1 Å². The molecule has 4 heterocycles. The summed E-state index contributed by atoms with van der Waals surface area (Å²) in [5.41, 5.74) is 3.75. The average Bonchev–Trinajstić information content (AvgIpc) is 3.55. The van der Waals surface area contributed by atoms with E-state index in [-0.39, 0.29) is 6.17 Å². The number of piperazine rings is 1. The Hall–Kier alpha value is -3.22. The SMILES string of the molecule is CC(Nc1ncnc2oc(-c3ccccc3)c(-c3ccccc3)c12)N1CC2CC1CN2. The Morgan fingerprint density at radius 2 is 1.77 bits per heavy atom. The second-order valence-corrected chi connectivity index (χ2v) is 8.45. The van der Waals surface area contributed by atoms with E-state index in [4.69, 9.17) is 4.42 Å². The number of likely N-dealkylation sites (tertiary alicyclic amines) is 1. The smallest absolute Gasteiger partial charge is 0.232 e. The van der Waals surface area contributed by atoms with Crippen LogP contribution in [0.4, 0.5) is 5.82 Å². The van der Waals surface area contributed by atoms with Crippen molar-refractivity contribution >= 4 is 16.9 Å². The quantitative estimate of drug-likeness (QED) is 0.509. The van der Waals surface area contributed by atoms with Crippen LogP contribution in [0.2, 0.25) is 0 Å². The molecule has 0 saturated carbocycles. The lowest BCUT2D eigenvalue weighted by Crippen LogP contribution is -2.50. The normalized spacial score (nSPS) is 21.6. The van der Waals surface area contributed by atoms with Crippen LogP contribution in [0.3, 0.4) is 0 Å². The summed E-state index contributed by atoms with van der Waals surface area (Å²) in [5.74, 6) is 1.64. The molecule has 31 heavy (non-hydrogen) atoms. The minimum Gasteiger partial charge on any atom is -0.437 e. The van der Waals surface area contributed by atoms with Gasteiger partial charge in [-0.15, -0.1) is 0 Å². The van der Waals surface area contributed by atoms with E-state index in [1.807, 2.05) is 24.3 Å². The maximum atomic E-state index is 6.32. The van der Waals surface area contributed by atoms with Gasteiger partial charge in [0, 0.05) is 36.3 Å². The van der Waals surface area contributed by atoms with Crippen LogP contribution in [0.15, 0.2) is 71.4 Å². The molecule has 2 aromatic heterocycles. The number of furan rings is 1. The van der Waals surface area contributed by atoms with Gasteiger partial charge >= 0.3 is 0 Å². The average molecular weight is 412 g/mol. The fourth-order valence-electron chi connectivity index (χ4n) is 5.06. The van der Waals surface area contributed by atoms with Gasteiger partial charge in [-0.25, -0.2) is 9.97 Å². The van der Waals surface area contributed by atoms with Gasteiger partial charge in [-0.3, -0.25) is 4.90 Å². The van der Waals surface area contributed by atoms with E-state index < -0.39 is 0 Å². The Bertz CT molecular complexity index is 1210. The zero-order valence-corrected chi connectivity index (χ0v) is 17.5. The number of nitrogens with zero attached hydrogens (tertiary/aromatic N) is 3. The molecule has 156 valence electrons. The topological polar surface area (TPSA) is 66.2 Å². The molecular formula is C25H25N5O. The van der Waals surface area contributed by atoms with Gasteiger partial charge in [0.25, 0.3) is 0 Å². The van der Waals surface area contributed by atoms with Crippen molar-refractivity contribution in [3.8, 4) is 22.5 Å². The van der Waals surface area contributed by atoms with E-state index in [2.05, 4.69) is 68.8 Å². The fraction of sp³-hybridized carbons (Fsp3) is 0.280. The Morgan fingerprint density at radius 1 is 1.03 bits per heavy atom. The van der Waals surface area contributed by atoms with Crippen molar-refractivity contribution in [2.24, 2.45) is 0 Å². The van der Waals surface area contributed by atoms with E-state index in [0.29, 0.717) is 17.8 Å². The summed E-state index contributed by atoms with van der Waals surface area (Å²) in [5, 5.41) is 8.18. The highest BCUT2D eigenvalue weighted by Gasteiger charge is 2.40. The zero-order valence-electron chi connectivity index (χ0n) is 17.5. The van der Waals surface area contributed by atoms with Crippen LogP contribution in [0.5, 0.6) is 0 Å². The summed E-state index contributed by atoms with van der Waals surface area (Å²) in [6.45, 7) is 4.35. The third-order valence-electron chi connectivity index (χ3n) is 6.53. The van der Waals surface area contributed by atoms with Gasteiger partial charge in [-0.2, -0.15) is 0 Å². The number of aromatic nitrogens is 2. The van der Waals surface area contributed by atoms with E-state index in [1.54, 1.807) is 6.33 Å². The predicted molar refractivity (Wildman–Crippen MR) is 123 cm³/mol. The highest BCUT2D eigenvalue weighted by atomic mass is 16.3. The molecule has 6 nitrogen and oxygen atoms in total. The van der Waals surface area contributed by atoms with Gasteiger partial charge in [0.05, 0.1) is 11.6 Å². The first-order chi connectivity index (χ1) is 15.3. The first-order valence-corrected chi connectivity index (χ1v) is 10.9.